The van der Waals surface area contributed by atoms with Crippen molar-refractivity contribution in [3.63, 3.8) is 0 Å². The van der Waals surface area contributed by atoms with Crippen LogP contribution in [-0.4, -0.2) is 47.1 Å². The molecule has 0 radical (unpaired) electrons. The van der Waals surface area contributed by atoms with E-state index in [0.29, 0.717) is 17.2 Å². The Labute approximate surface area is 130 Å². The van der Waals surface area contributed by atoms with Crippen LogP contribution in [0.1, 0.15) is 16.7 Å². The number of fused-ring (bicyclic) bond motifs is 2. The summed E-state index contributed by atoms with van der Waals surface area (Å²) in [5.74, 6) is 1.86. The molecule has 0 unspecified atom stereocenters. The van der Waals surface area contributed by atoms with Crippen LogP contribution < -0.4 is 18.9 Å². The van der Waals surface area contributed by atoms with Crippen molar-refractivity contribution >= 4 is 10.0 Å². The second kappa shape index (κ2) is 5.60. The van der Waals surface area contributed by atoms with E-state index in [4.69, 9.17) is 14.2 Å². The summed E-state index contributed by atoms with van der Waals surface area (Å²) in [6.07, 6.45) is 1.97. The van der Waals surface area contributed by atoms with Gasteiger partial charge in [0.05, 0.1) is 13.4 Å². The minimum atomic E-state index is -3.28. The minimum Gasteiger partial charge on any atom is -0.492 e. The Bertz CT molecular complexity index is 702. The van der Waals surface area contributed by atoms with Crippen molar-refractivity contribution in [3.05, 3.63) is 16.7 Å². The zero-order valence-electron chi connectivity index (χ0n) is 12.9. The van der Waals surface area contributed by atoms with Crippen LogP contribution in [0.15, 0.2) is 0 Å². The fourth-order valence-electron chi connectivity index (χ4n) is 2.99. The van der Waals surface area contributed by atoms with E-state index in [1.165, 1.54) is 0 Å². The topological polar surface area (TPSA) is 77.1 Å². The second-order valence-corrected chi connectivity index (χ2v) is 7.45. The van der Waals surface area contributed by atoms with Crippen LogP contribution in [0.25, 0.3) is 0 Å². The summed E-state index contributed by atoms with van der Waals surface area (Å²) in [4.78, 5) is 2.20. The molecule has 0 amide bonds. The van der Waals surface area contributed by atoms with E-state index in [1.807, 2.05) is 7.05 Å². The highest BCUT2D eigenvalue weighted by atomic mass is 32.2. The largest absolute Gasteiger partial charge is 0.492 e. The number of methoxy groups -OCH3 is 1. The Morgan fingerprint density at radius 3 is 2.68 bits per heavy atom. The van der Waals surface area contributed by atoms with Gasteiger partial charge in [0.25, 0.3) is 0 Å². The molecule has 1 aromatic carbocycles. The zero-order chi connectivity index (χ0) is 15.9. The van der Waals surface area contributed by atoms with Crippen LogP contribution in [0.4, 0.5) is 0 Å². The monoisotopic (exact) mass is 328 g/mol. The number of benzene rings is 1. The fourth-order valence-corrected chi connectivity index (χ4v) is 3.40. The third kappa shape index (κ3) is 2.73. The Balaban J connectivity index is 2.12. The molecule has 0 aliphatic carbocycles. The molecule has 122 valence electrons. The fraction of sp³-hybridized carbons (Fsp3) is 0.571. The van der Waals surface area contributed by atoms with Crippen LogP contribution in [-0.2, 0) is 29.5 Å². The van der Waals surface area contributed by atoms with Crippen molar-refractivity contribution in [1.82, 2.24) is 9.62 Å². The summed E-state index contributed by atoms with van der Waals surface area (Å²) in [6.45, 7) is 1.96. The number of ether oxygens (including phenoxy) is 3. The van der Waals surface area contributed by atoms with Crippen molar-refractivity contribution in [2.24, 2.45) is 0 Å². The van der Waals surface area contributed by atoms with Gasteiger partial charge in [-0.25, -0.2) is 13.1 Å². The Kier molecular flexibility index (Phi) is 3.92. The predicted octanol–water partition coefficient (Wildman–Crippen LogP) is 0.461. The van der Waals surface area contributed by atoms with Gasteiger partial charge in [-0.2, -0.15) is 0 Å². The maximum absolute atomic E-state index is 11.4. The molecule has 3 rings (SSSR count). The molecule has 0 bridgehead atoms. The molecule has 1 aromatic rings. The van der Waals surface area contributed by atoms with Gasteiger partial charge < -0.3 is 19.1 Å². The van der Waals surface area contributed by atoms with Gasteiger partial charge in [0.2, 0.25) is 22.6 Å². The highest BCUT2D eigenvalue weighted by molar-refractivity contribution is 7.88. The third-order valence-corrected chi connectivity index (χ3v) is 4.65. The van der Waals surface area contributed by atoms with Crippen LogP contribution in [0.2, 0.25) is 0 Å². The number of hydrogen-bond donors (Lipinski definition) is 1. The molecular weight excluding hydrogens is 308 g/mol. The van der Waals surface area contributed by atoms with Crippen molar-refractivity contribution in [3.8, 4) is 17.2 Å². The maximum Gasteiger partial charge on any atom is 0.231 e. The summed E-state index contributed by atoms with van der Waals surface area (Å²) < 4.78 is 42.1. The summed E-state index contributed by atoms with van der Waals surface area (Å²) in [5, 5.41) is 0. The minimum absolute atomic E-state index is 0.121. The molecule has 0 saturated carbocycles. The van der Waals surface area contributed by atoms with E-state index in [1.54, 1.807) is 7.11 Å². The van der Waals surface area contributed by atoms with Crippen molar-refractivity contribution in [2.75, 3.05) is 33.8 Å². The maximum atomic E-state index is 11.4. The lowest BCUT2D eigenvalue weighted by Gasteiger charge is -2.29. The lowest BCUT2D eigenvalue weighted by Crippen LogP contribution is -2.29. The number of likely N-dealkylation sites (N-methyl/N-ethyl adjacent to an activating group) is 1. The SMILES string of the molecule is COc1c2c(c(CNS(C)(=O)=O)c3c1OCO3)CCN(C)C2. The van der Waals surface area contributed by atoms with Crippen molar-refractivity contribution < 1.29 is 22.6 Å². The standard InChI is InChI=1S/C14H20N2O5S/c1-16-5-4-9-10(6-15-22(3,17)18)13-14(21-8-20-13)12(19-2)11(9)7-16/h15H,4-8H2,1-3H3. The summed E-state index contributed by atoms with van der Waals surface area (Å²) in [6, 6.07) is 0. The highest BCUT2D eigenvalue weighted by Crippen LogP contribution is 2.49. The molecule has 7 nitrogen and oxygen atoms in total. The number of sulfonamides is 1. The van der Waals surface area contributed by atoms with Gasteiger partial charge in [-0.1, -0.05) is 0 Å². The van der Waals surface area contributed by atoms with Crippen molar-refractivity contribution in [1.29, 1.82) is 0 Å². The van der Waals surface area contributed by atoms with E-state index in [2.05, 4.69) is 9.62 Å². The molecule has 22 heavy (non-hydrogen) atoms. The van der Waals surface area contributed by atoms with E-state index >= 15 is 0 Å². The first-order chi connectivity index (χ1) is 10.4. The number of nitrogens with one attached hydrogen (secondary N) is 1. The average Bonchev–Trinajstić information content (AvgIpc) is 2.91. The van der Waals surface area contributed by atoms with Gasteiger partial charge in [-0.15, -0.1) is 0 Å². The third-order valence-electron chi connectivity index (χ3n) is 3.98. The van der Waals surface area contributed by atoms with Gasteiger partial charge in [0.15, 0.2) is 11.5 Å². The number of nitrogens with zero attached hydrogens (tertiary/aromatic N) is 1. The van der Waals surface area contributed by atoms with E-state index in [9.17, 15) is 8.42 Å². The van der Waals surface area contributed by atoms with Crippen LogP contribution in [0.5, 0.6) is 17.2 Å². The molecule has 0 fully saturated rings. The van der Waals surface area contributed by atoms with E-state index < -0.39 is 10.0 Å². The first kappa shape index (κ1) is 15.4. The van der Waals surface area contributed by atoms with Crippen molar-refractivity contribution in [2.45, 2.75) is 19.5 Å². The molecule has 2 heterocycles. The Morgan fingerprint density at radius 1 is 1.27 bits per heavy atom. The smallest absolute Gasteiger partial charge is 0.231 e. The molecule has 0 atom stereocenters. The molecule has 2 aliphatic heterocycles. The average molecular weight is 328 g/mol. The zero-order valence-corrected chi connectivity index (χ0v) is 13.7. The lowest BCUT2D eigenvalue weighted by molar-refractivity contribution is 0.170. The van der Waals surface area contributed by atoms with E-state index in [-0.39, 0.29) is 13.3 Å². The molecule has 8 heteroatoms. The van der Waals surface area contributed by atoms with Crippen LogP contribution in [0.3, 0.4) is 0 Å². The predicted molar refractivity (Wildman–Crippen MR) is 80.8 cm³/mol. The normalized spacial score (nSPS) is 17.4. The molecular formula is C14H20N2O5S. The van der Waals surface area contributed by atoms with Crippen LogP contribution >= 0.6 is 0 Å². The van der Waals surface area contributed by atoms with Gasteiger partial charge in [-0.05, 0) is 19.0 Å². The molecule has 0 aromatic heterocycles. The molecule has 1 N–H and O–H groups in total. The van der Waals surface area contributed by atoms with E-state index in [0.717, 1.165) is 42.5 Å². The quantitative estimate of drug-likeness (QED) is 0.865. The summed E-state index contributed by atoms with van der Waals surface area (Å²) in [7, 11) is 0.374. The Hall–Kier alpha value is -1.51. The van der Waals surface area contributed by atoms with Gasteiger partial charge in [0.1, 0.15) is 0 Å². The van der Waals surface area contributed by atoms with Crippen LogP contribution in [0, 0.1) is 0 Å². The first-order valence-corrected chi connectivity index (χ1v) is 8.93. The van der Waals surface area contributed by atoms with Gasteiger partial charge >= 0.3 is 0 Å². The molecule has 2 aliphatic rings. The molecule has 0 spiro atoms. The second-order valence-electron chi connectivity index (χ2n) is 5.61. The van der Waals surface area contributed by atoms with Gasteiger partial charge in [-0.3, -0.25) is 0 Å². The van der Waals surface area contributed by atoms with Gasteiger partial charge in [0, 0.05) is 30.8 Å². The Morgan fingerprint density at radius 2 is 2.00 bits per heavy atom. The number of hydrogen-bond acceptors (Lipinski definition) is 6. The lowest BCUT2D eigenvalue weighted by atomic mass is 9.92. The highest BCUT2D eigenvalue weighted by Gasteiger charge is 2.32. The summed E-state index contributed by atoms with van der Waals surface area (Å²) in [5.41, 5.74) is 2.99. The number of rotatable bonds is 4. The molecule has 0 saturated heterocycles. The first-order valence-electron chi connectivity index (χ1n) is 7.04. The summed E-state index contributed by atoms with van der Waals surface area (Å²) >= 11 is 0.